The number of nitrogens with zero attached hydrogens (tertiary/aromatic N) is 3. The molecule has 1 aromatic rings. The van der Waals surface area contributed by atoms with E-state index in [1.165, 1.54) is 50.2 Å². The molecule has 2 aliphatic heterocycles. The van der Waals surface area contributed by atoms with E-state index in [1.54, 1.807) is 0 Å². The van der Waals surface area contributed by atoms with Crippen LogP contribution in [0.15, 0.2) is 22.5 Å². The van der Waals surface area contributed by atoms with Crippen LogP contribution < -0.4 is 15.5 Å². The summed E-state index contributed by atoms with van der Waals surface area (Å²) >= 11 is 1.84. The van der Waals surface area contributed by atoms with Crippen LogP contribution in [0.3, 0.4) is 0 Å². The van der Waals surface area contributed by atoms with E-state index in [2.05, 4.69) is 42.9 Å². The molecule has 1 aromatic heterocycles. The second-order valence-corrected chi connectivity index (χ2v) is 8.62. The first-order chi connectivity index (χ1) is 12.3. The zero-order valence-electron chi connectivity index (χ0n) is 15.7. The molecule has 7 heteroatoms. The summed E-state index contributed by atoms with van der Waals surface area (Å²) in [6.45, 7) is 5.89. The molecule has 2 N–H and O–H groups in total. The Bertz CT molecular complexity index is 566. The Hall–Kier alpha value is -0.540. The molecule has 1 aliphatic carbocycles. The molecule has 1 atom stereocenters. The number of hydrogen-bond acceptors (Lipinski definition) is 4. The molecule has 1 saturated carbocycles. The summed E-state index contributed by atoms with van der Waals surface area (Å²) in [4.78, 5) is 9.64. The van der Waals surface area contributed by atoms with Crippen molar-refractivity contribution in [3.05, 3.63) is 17.5 Å². The lowest BCUT2D eigenvalue weighted by atomic mass is 10.1. The summed E-state index contributed by atoms with van der Waals surface area (Å²) in [7, 11) is 1.89. The van der Waals surface area contributed by atoms with Crippen molar-refractivity contribution in [3.8, 4) is 0 Å². The second-order valence-electron chi connectivity index (χ2n) is 7.69. The van der Waals surface area contributed by atoms with Gasteiger partial charge in [-0.2, -0.15) is 0 Å². The topological polar surface area (TPSA) is 42.9 Å². The van der Waals surface area contributed by atoms with E-state index in [1.807, 2.05) is 18.4 Å². The number of rotatable bonds is 5. The number of thiophene rings is 1. The maximum Gasteiger partial charge on any atom is 0.191 e. The summed E-state index contributed by atoms with van der Waals surface area (Å²) in [6, 6.07) is 5.82. The molecular weight excluding hydrogens is 457 g/mol. The Morgan fingerprint density at radius 1 is 1.19 bits per heavy atom. The van der Waals surface area contributed by atoms with Crippen LogP contribution in [0.5, 0.6) is 0 Å². The molecule has 0 amide bonds. The van der Waals surface area contributed by atoms with Gasteiger partial charge in [0.25, 0.3) is 0 Å². The van der Waals surface area contributed by atoms with Gasteiger partial charge in [-0.3, -0.25) is 4.99 Å². The van der Waals surface area contributed by atoms with E-state index in [9.17, 15) is 0 Å². The number of likely N-dealkylation sites (tertiary alicyclic amines) is 1. The van der Waals surface area contributed by atoms with Gasteiger partial charge in [-0.05, 0) is 62.1 Å². The number of halogens is 1. The normalized spacial score (nSPS) is 25.2. The number of hydrogen-bond donors (Lipinski definition) is 2. The Morgan fingerprint density at radius 3 is 2.65 bits per heavy atom. The van der Waals surface area contributed by atoms with Crippen LogP contribution in [-0.2, 0) is 0 Å². The minimum atomic E-state index is 0. The zero-order valence-corrected chi connectivity index (χ0v) is 18.8. The van der Waals surface area contributed by atoms with Gasteiger partial charge in [-0.25, -0.2) is 0 Å². The fourth-order valence-electron chi connectivity index (χ4n) is 4.12. The summed E-state index contributed by atoms with van der Waals surface area (Å²) in [6.07, 6.45) is 6.54. The van der Waals surface area contributed by atoms with Crippen LogP contribution >= 0.6 is 35.3 Å². The Labute approximate surface area is 178 Å². The molecule has 3 fully saturated rings. The van der Waals surface area contributed by atoms with Crippen LogP contribution in [-0.4, -0.2) is 62.7 Å². The quantitative estimate of drug-likeness (QED) is 0.379. The number of nitrogens with one attached hydrogen (secondary N) is 2. The third-order valence-corrected chi connectivity index (χ3v) is 6.74. The smallest absolute Gasteiger partial charge is 0.191 e. The maximum atomic E-state index is 4.45. The summed E-state index contributed by atoms with van der Waals surface area (Å²) < 4.78 is 0. The largest absolute Gasteiger partial charge is 0.363 e. The monoisotopic (exact) mass is 489 g/mol. The highest BCUT2D eigenvalue weighted by Crippen LogP contribution is 2.31. The van der Waals surface area contributed by atoms with Gasteiger partial charge in [-0.1, -0.05) is 0 Å². The van der Waals surface area contributed by atoms with Crippen molar-refractivity contribution in [2.75, 3.05) is 44.7 Å². The van der Waals surface area contributed by atoms with Gasteiger partial charge in [0, 0.05) is 45.3 Å². The fourth-order valence-corrected chi connectivity index (χ4v) is 4.91. The first kappa shape index (κ1) is 20.2. The van der Waals surface area contributed by atoms with E-state index in [-0.39, 0.29) is 24.0 Å². The average molecular weight is 489 g/mol. The van der Waals surface area contributed by atoms with Gasteiger partial charge in [-0.15, -0.1) is 35.3 Å². The summed E-state index contributed by atoms with van der Waals surface area (Å²) in [5.74, 6) is 1.76. The van der Waals surface area contributed by atoms with Crippen molar-refractivity contribution in [1.82, 2.24) is 15.5 Å². The van der Waals surface area contributed by atoms with Crippen LogP contribution in [0.4, 0.5) is 5.00 Å². The van der Waals surface area contributed by atoms with Gasteiger partial charge in [0.15, 0.2) is 5.96 Å². The summed E-state index contributed by atoms with van der Waals surface area (Å²) in [5, 5.41) is 10.8. The molecule has 0 aromatic carbocycles. The number of guanidine groups is 1. The van der Waals surface area contributed by atoms with Crippen molar-refractivity contribution in [3.63, 3.8) is 0 Å². The van der Waals surface area contributed by atoms with Crippen LogP contribution in [0.2, 0.25) is 0 Å². The van der Waals surface area contributed by atoms with Gasteiger partial charge < -0.3 is 20.4 Å². The Kier molecular flexibility index (Phi) is 7.45. The Morgan fingerprint density at radius 2 is 2.00 bits per heavy atom. The molecule has 3 heterocycles. The highest BCUT2D eigenvalue weighted by Gasteiger charge is 2.34. The average Bonchev–Trinajstić information content (AvgIpc) is 3.15. The van der Waals surface area contributed by atoms with E-state index in [0.717, 1.165) is 37.6 Å². The first-order valence-corrected chi connectivity index (χ1v) is 10.7. The Balaban J connectivity index is 0.00000196. The van der Waals surface area contributed by atoms with E-state index in [4.69, 9.17) is 0 Å². The molecule has 0 bridgehead atoms. The second kappa shape index (κ2) is 9.59. The van der Waals surface area contributed by atoms with Gasteiger partial charge >= 0.3 is 0 Å². The third kappa shape index (κ3) is 5.25. The lowest BCUT2D eigenvalue weighted by Crippen LogP contribution is -2.49. The van der Waals surface area contributed by atoms with Crippen molar-refractivity contribution >= 4 is 46.3 Å². The highest BCUT2D eigenvalue weighted by molar-refractivity contribution is 14.0. The lowest BCUT2D eigenvalue weighted by Gasteiger charge is -2.33. The van der Waals surface area contributed by atoms with Crippen molar-refractivity contribution in [1.29, 1.82) is 0 Å². The highest BCUT2D eigenvalue weighted by atomic mass is 127. The zero-order chi connectivity index (χ0) is 17.1. The molecule has 146 valence electrons. The number of anilines is 1. The van der Waals surface area contributed by atoms with Gasteiger partial charge in [0.2, 0.25) is 0 Å². The van der Waals surface area contributed by atoms with E-state index < -0.39 is 0 Å². The molecule has 5 nitrogen and oxygen atoms in total. The van der Waals surface area contributed by atoms with Gasteiger partial charge in [0.1, 0.15) is 0 Å². The predicted molar refractivity (Wildman–Crippen MR) is 122 cm³/mol. The molecule has 26 heavy (non-hydrogen) atoms. The number of piperidine rings is 1. The first-order valence-electron chi connectivity index (χ1n) is 9.81. The molecule has 0 radical (unpaired) electrons. The molecule has 4 rings (SSSR count). The summed E-state index contributed by atoms with van der Waals surface area (Å²) in [5.41, 5.74) is 0. The molecule has 0 spiro atoms. The standard InChI is InChI=1S/C19H31N5S.HI/c1-20-19(21-13-15-6-9-24(14-15)17-4-5-17)22-16-7-10-23(11-8-16)18-3-2-12-25-18;/h2-3,12,15-17H,4-11,13-14H2,1H3,(H2,20,21,22);1H. The molecule has 1 unspecified atom stereocenters. The molecule has 3 aliphatic rings. The number of aliphatic imine (C=N–C) groups is 1. The third-order valence-electron chi connectivity index (χ3n) is 5.82. The van der Waals surface area contributed by atoms with Crippen LogP contribution in [0, 0.1) is 5.92 Å². The van der Waals surface area contributed by atoms with Crippen molar-refractivity contribution in [2.24, 2.45) is 10.9 Å². The molecular formula is C19H32IN5S. The van der Waals surface area contributed by atoms with Crippen molar-refractivity contribution < 1.29 is 0 Å². The maximum absolute atomic E-state index is 4.45. The lowest BCUT2D eigenvalue weighted by molar-refractivity contribution is 0.314. The fraction of sp³-hybridized carbons (Fsp3) is 0.737. The van der Waals surface area contributed by atoms with Crippen molar-refractivity contribution in [2.45, 2.75) is 44.2 Å². The minimum absolute atomic E-state index is 0. The van der Waals surface area contributed by atoms with E-state index in [0.29, 0.717) is 6.04 Å². The SMILES string of the molecule is CN=C(NCC1CCN(C2CC2)C1)NC1CCN(c2cccs2)CC1.I. The predicted octanol–water partition coefficient (Wildman–Crippen LogP) is 2.98. The minimum Gasteiger partial charge on any atom is -0.363 e. The van der Waals surface area contributed by atoms with Crippen LogP contribution in [0.25, 0.3) is 0 Å². The van der Waals surface area contributed by atoms with Crippen LogP contribution in [0.1, 0.15) is 32.1 Å². The van der Waals surface area contributed by atoms with E-state index >= 15 is 0 Å². The van der Waals surface area contributed by atoms with Gasteiger partial charge in [0.05, 0.1) is 5.00 Å². The molecule has 2 saturated heterocycles.